The minimum Gasteiger partial charge on any atom is -0.496 e. The van der Waals surface area contributed by atoms with Gasteiger partial charge in [-0.3, -0.25) is 4.99 Å². The largest absolute Gasteiger partial charge is 0.496 e. The van der Waals surface area contributed by atoms with E-state index in [9.17, 15) is 0 Å². The Morgan fingerprint density at radius 1 is 1.08 bits per heavy atom. The lowest BCUT2D eigenvalue weighted by Crippen LogP contribution is -2.43. The molecular weight excluding hydrogens is 425 g/mol. The highest BCUT2D eigenvalue weighted by molar-refractivity contribution is 14.0. The molecule has 0 amide bonds. The summed E-state index contributed by atoms with van der Waals surface area (Å²) in [6, 6.07) is 3.79. The topological polar surface area (TPSA) is 73.3 Å². The molecule has 1 unspecified atom stereocenters. The van der Waals surface area contributed by atoms with Gasteiger partial charge in [-0.15, -0.1) is 24.0 Å². The minimum atomic E-state index is 0. The summed E-state index contributed by atoms with van der Waals surface area (Å²) in [6.45, 7) is 3.11. The van der Waals surface area contributed by atoms with Crippen LogP contribution in [0, 0.1) is 0 Å². The van der Waals surface area contributed by atoms with Gasteiger partial charge in [0.2, 0.25) is 0 Å². The van der Waals surface area contributed by atoms with Crippen LogP contribution in [0.5, 0.6) is 17.2 Å². The van der Waals surface area contributed by atoms with Crippen LogP contribution in [0.3, 0.4) is 0 Å². The molecule has 24 heavy (non-hydrogen) atoms. The lowest BCUT2D eigenvalue weighted by Gasteiger charge is -2.19. The van der Waals surface area contributed by atoms with Gasteiger partial charge in [0.15, 0.2) is 5.96 Å². The van der Waals surface area contributed by atoms with Crippen molar-refractivity contribution in [3.05, 3.63) is 17.7 Å². The van der Waals surface area contributed by atoms with E-state index < -0.39 is 0 Å². The van der Waals surface area contributed by atoms with E-state index in [1.165, 1.54) is 0 Å². The number of nitrogens with one attached hydrogen (secondary N) is 2. The maximum atomic E-state index is 5.44. The molecule has 138 valence electrons. The zero-order valence-electron chi connectivity index (χ0n) is 15.1. The zero-order chi connectivity index (χ0) is 17.2. The first-order valence-electron chi connectivity index (χ1n) is 7.34. The van der Waals surface area contributed by atoms with Crippen LogP contribution in [0.2, 0.25) is 0 Å². The molecule has 1 aromatic rings. The van der Waals surface area contributed by atoms with Crippen molar-refractivity contribution in [1.29, 1.82) is 0 Å². The fourth-order valence-corrected chi connectivity index (χ4v) is 2.14. The highest BCUT2D eigenvalue weighted by atomic mass is 127. The molecule has 8 heteroatoms. The third-order valence-electron chi connectivity index (χ3n) is 3.27. The first kappa shape index (κ1) is 22.6. The van der Waals surface area contributed by atoms with E-state index in [0.717, 1.165) is 5.56 Å². The Bertz CT molecular complexity index is 501. The molecule has 0 saturated carbocycles. The van der Waals surface area contributed by atoms with Crippen molar-refractivity contribution in [2.45, 2.75) is 19.5 Å². The van der Waals surface area contributed by atoms with E-state index in [-0.39, 0.29) is 30.0 Å². The number of guanidine groups is 1. The van der Waals surface area contributed by atoms with Gasteiger partial charge < -0.3 is 29.6 Å². The molecule has 0 aliphatic heterocycles. The smallest absolute Gasteiger partial charge is 0.191 e. The monoisotopic (exact) mass is 453 g/mol. The van der Waals surface area contributed by atoms with Gasteiger partial charge in [-0.05, 0) is 6.92 Å². The molecule has 1 rings (SSSR count). The fraction of sp³-hybridized carbons (Fsp3) is 0.562. The molecule has 0 aliphatic carbocycles. The summed E-state index contributed by atoms with van der Waals surface area (Å²) in [5, 5.41) is 6.49. The minimum absolute atomic E-state index is 0. The molecule has 0 saturated heterocycles. The number of rotatable bonds is 8. The first-order valence-corrected chi connectivity index (χ1v) is 7.34. The predicted molar refractivity (Wildman–Crippen MR) is 106 cm³/mol. The highest BCUT2D eigenvalue weighted by Gasteiger charge is 2.14. The Morgan fingerprint density at radius 2 is 1.67 bits per heavy atom. The number of benzene rings is 1. The molecule has 1 atom stereocenters. The van der Waals surface area contributed by atoms with Gasteiger partial charge in [0.05, 0.1) is 40.0 Å². The Kier molecular flexibility index (Phi) is 11.3. The SMILES string of the molecule is CN=C(NCc1c(OC)cc(OC)cc1OC)NC(C)COC.I. The third kappa shape index (κ3) is 6.60. The Hall–Kier alpha value is -1.42. The van der Waals surface area contributed by atoms with Crippen LogP contribution < -0.4 is 24.8 Å². The van der Waals surface area contributed by atoms with E-state index in [2.05, 4.69) is 15.6 Å². The maximum absolute atomic E-state index is 5.44. The maximum Gasteiger partial charge on any atom is 0.191 e. The molecule has 0 fully saturated rings. The Balaban J connectivity index is 0.00000529. The van der Waals surface area contributed by atoms with Gasteiger partial charge in [0.1, 0.15) is 17.2 Å². The summed E-state index contributed by atoms with van der Waals surface area (Å²) >= 11 is 0. The summed E-state index contributed by atoms with van der Waals surface area (Å²) < 4.78 is 21.2. The molecular formula is C16H28IN3O4. The van der Waals surface area contributed by atoms with Crippen LogP contribution in [0.15, 0.2) is 17.1 Å². The Labute approximate surface area is 161 Å². The van der Waals surface area contributed by atoms with E-state index >= 15 is 0 Å². The second kappa shape index (κ2) is 12.0. The van der Waals surface area contributed by atoms with E-state index in [4.69, 9.17) is 18.9 Å². The molecule has 0 heterocycles. The quantitative estimate of drug-likeness (QED) is 0.357. The number of hydrogen-bond acceptors (Lipinski definition) is 5. The fourth-order valence-electron chi connectivity index (χ4n) is 2.14. The van der Waals surface area contributed by atoms with Crippen LogP contribution in [-0.2, 0) is 11.3 Å². The van der Waals surface area contributed by atoms with Gasteiger partial charge in [-0.25, -0.2) is 0 Å². The van der Waals surface area contributed by atoms with Gasteiger partial charge in [0.25, 0.3) is 0 Å². The van der Waals surface area contributed by atoms with Gasteiger partial charge in [0, 0.05) is 32.3 Å². The highest BCUT2D eigenvalue weighted by Crippen LogP contribution is 2.33. The zero-order valence-corrected chi connectivity index (χ0v) is 17.5. The summed E-state index contributed by atoms with van der Waals surface area (Å²) in [7, 11) is 8.23. The van der Waals surface area contributed by atoms with Gasteiger partial charge in [-0.2, -0.15) is 0 Å². The summed E-state index contributed by atoms with van der Waals surface area (Å²) in [6.07, 6.45) is 0. The lowest BCUT2D eigenvalue weighted by atomic mass is 10.1. The van der Waals surface area contributed by atoms with Crippen LogP contribution in [-0.4, -0.2) is 54.1 Å². The van der Waals surface area contributed by atoms with Crippen molar-refractivity contribution < 1.29 is 18.9 Å². The number of hydrogen-bond donors (Lipinski definition) is 2. The second-order valence-electron chi connectivity index (χ2n) is 4.94. The van der Waals surface area contributed by atoms with Gasteiger partial charge >= 0.3 is 0 Å². The molecule has 0 spiro atoms. The predicted octanol–water partition coefficient (Wildman–Crippen LogP) is 2.03. The van der Waals surface area contributed by atoms with Crippen molar-refractivity contribution in [2.75, 3.05) is 42.1 Å². The van der Waals surface area contributed by atoms with Crippen molar-refractivity contribution in [3.8, 4) is 17.2 Å². The third-order valence-corrected chi connectivity index (χ3v) is 3.27. The molecule has 0 bridgehead atoms. The van der Waals surface area contributed by atoms with E-state index in [1.54, 1.807) is 35.5 Å². The number of aliphatic imine (C=N–C) groups is 1. The first-order chi connectivity index (χ1) is 11.1. The van der Waals surface area contributed by atoms with Crippen molar-refractivity contribution in [1.82, 2.24) is 10.6 Å². The van der Waals surface area contributed by atoms with Crippen LogP contribution >= 0.6 is 24.0 Å². The van der Waals surface area contributed by atoms with Crippen molar-refractivity contribution >= 4 is 29.9 Å². The van der Waals surface area contributed by atoms with Crippen LogP contribution in [0.1, 0.15) is 12.5 Å². The van der Waals surface area contributed by atoms with Crippen molar-refractivity contribution in [2.24, 2.45) is 4.99 Å². The molecule has 0 aromatic heterocycles. The second-order valence-corrected chi connectivity index (χ2v) is 4.94. The number of methoxy groups -OCH3 is 4. The average Bonchev–Trinajstić information content (AvgIpc) is 2.57. The normalized spacial score (nSPS) is 12.0. The molecule has 0 radical (unpaired) electrons. The average molecular weight is 453 g/mol. The Morgan fingerprint density at radius 3 is 2.08 bits per heavy atom. The molecule has 7 nitrogen and oxygen atoms in total. The molecule has 0 aliphatic rings. The molecule has 2 N–H and O–H groups in total. The summed E-state index contributed by atoms with van der Waals surface area (Å²) in [5.41, 5.74) is 0.887. The van der Waals surface area contributed by atoms with E-state index in [1.807, 2.05) is 19.1 Å². The number of ether oxygens (including phenoxy) is 4. The number of halogens is 1. The lowest BCUT2D eigenvalue weighted by molar-refractivity contribution is 0.179. The van der Waals surface area contributed by atoms with Crippen molar-refractivity contribution in [3.63, 3.8) is 0 Å². The van der Waals surface area contributed by atoms with E-state index in [0.29, 0.717) is 36.4 Å². The standard InChI is InChI=1S/C16H27N3O4.HI/c1-11(10-20-3)19-16(17-2)18-9-13-14(22-5)7-12(21-4)8-15(13)23-6;/h7-8,11H,9-10H2,1-6H3,(H2,17,18,19);1H. The summed E-state index contributed by atoms with van der Waals surface area (Å²) in [5.74, 6) is 2.73. The number of nitrogens with zero attached hydrogens (tertiary/aromatic N) is 1. The molecule has 1 aromatic carbocycles. The van der Waals surface area contributed by atoms with Crippen LogP contribution in [0.4, 0.5) is 0 Å². The van der Waals surface area contributed by atoms with Gasteiger partial charge in [-0.1, -0.05) is 0 Å². The summed E-state index contributed by atoms with van der Waals surface area (Å²) in [4.78, 5) is 4.20. The van der Waals surface area contributed by atoms with Crippen LogP contribution in [0.25, 0.3) is 0 Å².